The second-order valence-electron chi connectivity index (χ2n) is 7.84. The highest BCUT2D eigenvalue weighted by molar-refractivity contribution is 6.28. The minimum absolute atomic E-state index is 0.168. The summed E-state index contributed by atoms with van der Waals surface area (Å²) in [5.74, 6) is -10.9. The van der Waals surface area contributed by atoms with E-state index in [9.17, 15) is 5.11 Å². The van der Waals surface area contributed by atoms with Gasteiger partial charge < -0.3 is 52.1 Å². The van der Waals surface area contributed by atoms with Crippen molar-refractivity contribution in [3.05, 3.63) is 0 Å². The number of rotatable bonds is 17. The normalized spacial score (nSPS) is 10.2. The van der Waals surface area contributed by atoms with Gasteiger partial charge in [-0.3, -0.25) is 0 Å². The number of carboxylic acids is 6. The van der Waals surface area contributed by atoms with Crippen LogP contribution in [0.25, 0.3) is 0 Å². The molecule has 0 heterocycles. The first-order valence-corrected chi connectivity index (χ1v) is 12.4. The maximum Gasteiger partial charge on any atom is 0.414 e. The van der Waals surface area contributed by atoms with Crippen molar-refractivity contribution in [1.29, 1.82) is 0 Å². The number of nitrogens with one attached hydrogen (secondary N) is 2. The van der Waals surface area contributed by atoms with Crippen LogP contribution in [0.1, 0.15) is 71.1 Å². The third-order valence-corrected chi connectivity index (χ3v) is 4.33. The molecule has 0 aromatic rings. The largest absolute Gasteiger partial charge is 0.473 e. The van der Waals surface area contributed by atoms with Crippen molar-refractivity contribution >= 4 is 35.8 Å². The van der Waals surface area contributed by atoms with Gasteiger partial charge in [0.25, 0.3) is 0 Å². The Kier molecular flexibility index (Phi) is 35.8. The summed E-state index contributed by atoms with van der Waals surface area (Å²) in [5, 5.41) is 60.9. The van der Waals surface area contributed by atoms with E-state index < -0.39 is 35.8 Å². The van der Waals surface area contributed by atoms with E-state index in [1.54, 1.807) is 0 Å². The molecule has 0 aliphatic rings. The van der Waals surface area contributed by atoms with Gasteiger partial charge >= 0.3 is 35.8 Å². The van der Waals surface area contributed by atoms with Gasteiger partial charge in [0.05, 0.1) is 6.10 Å². The lowest BCUT2D eigenvalue weighted by Gasteiger charge is -2.11. The van der Waals surface area contributed by atoms with Crippen molar-refractivity contribution in [3.8, 4) is 0 Å². The molecule has 0 rings (SSSR count). The Labute approximate surface area is 227 Å². The zero-order valence-electron chi connectivity index (χ0n) is 22.3. The van der Waals surface area contributed by atoms with Crippen LogP contribution in [0.4, 0.5) is 0 Å². The van der Waals surface area contributed by atoms with Crippen LogP contribution in [0.2, 0.25) is 0 Å². The van der Waals surface area contributed by atoms with E-state index in [1.807, 2.05) is 0 Å². The van der Waals surface area contributed by atoms with Crippen LogP contribution < -0.4 is 16.4 Å². The molecule has 0 aliphatic carbocycles. The summed E-state index contributed by atoms with van der Waals surface area (Å²) in [5.41, 5.74) is 5.43. The molecule has 16 nitrogen and oxygen atoms in total. The summed E-state index contributed by atoms with van der Waals surface area (Å²) in [4.78, 5) is 54.6. The monoisotopic (exact) mass is 571 g/mol. The molecule has 0 fully saturated rings. The van der Waals surface area contributed by atoms with Crippen molar-refractivity contribution < 1.29 is 64.5 Å². The van der Waals surface area contributed by atoms with Gasteiger partial charge in [-0.25, -0.2) is 28.8 Å². The van der Waals surface area contributed by atoms with Gasteiger partial charge in [0.1, 0.15) is 0 Å². The molecule has 0 saturated heterocycles. The van der Waals surface area contributed by atoms with Gasteiger partial charge in [-0.15, -0.1) is 0 Å². The van der Waals surface area contributed by atoms with Gasteiger partial charge in [0, 0.05) is 6.54 Å². The van der Waals surface area contributed by atoms with Gasteiger partial charge in [-0.2, -0.15) is 0 Å². The van der Waals surface area contributed by atoms with Crippen LogP contribution in [0.5, 0.6) is 0 Å². The highest BCUT2D eigenvalue weighted by Crippen LogP contribution is 2.08. The first-order chi connectivity index (χ1) is 18.2. The Bertz CT molecular complexity index is 583. The third-order valence-electron chi connectivity index (χ3n) is 4.33. The van der Waals surface area contributed by atoms with Crippen LogP contribution >= 0.6 is 0 Å². The first kappa shape index (κ1) is 42.7. The molecule has 0 aromatic heterocycles. The minimum atomic E-state index is -1.82. The second-order valence-corrected chi connectivity index (χ2v) is 7.84. The van der Waals surface area contributed by atoms with E-state index >= 15 is 0 Å². The fourth-order valence-corrected chi connectivity index (χ4v) is 2.38. The summed E-state index contributed by atoms with van der Waals surface area (Å²) < 4.78 is 0. The molecule has 230 valence electrons. The molecule has 1 atom stereocenters. The van der Waals surface area contributed by atoms with Gasteiger partial charge in [0.2, 0.25) is 0 Å². The number of aliphatic hydroxyl groups is 1. The number of aliphatic hydroxyl groups excluding tert-OH is 1. The Morgan fingerprint density at radius 3 is 1.31 bits per heavy atom. The number of nitrogens with two attached hydrogens (primary N) is 1. The average molecular weight is 572 g/mol. The fraction of sp³-hybridized carbons (Fsp3) is 0.739. The molecule has 16 heteroatoms. The standard InChI is InChI=1S/C17H39N3O.3C2H2O4/c1-2-3-4-5-6-7-11-17(21)16-20-14-9-8-13-19-15-10-12-18;3*3-1(4)2(5)6/h17,19-21H,2-16,18H2,1H3;3*(H,3,4)(H,5,6). The number of carboxylic acid groups (broad SMARTS) is 6. The summed E-state index contributed by atoms with van der Waals surface area (Å²) >= 11 is 0. The topological polar surface area (TPSA) is 294 Å². The number of unbranched alkanes of at least 4 members (excludes halogenated alkanes) is 6. The number of carbonyl (C=O) groups is 6. The van der Waals surface area contributed by atoms with E-state index in [4.69, 9.17) is 65.1 Å². The smallest absolute Gasteiger partial charge is 0.414 e. The molecule has 0 bridgehead atoms. The van der Waals surface area contributed by atoms with Crippen molar-refractivity contribution in [1.82, 2.24) is 10.6 Å². The molecule has 11 N–H and O–H groups in total. The molecular formula is C23H45N3O13. The first-order valence-electron chi connectivity index (χ1n) is 12.4. The Hall–Kier alpha value is -3.34. The predicted molar refractivity (Wildman–Crippen MR) is 138 cm³/mol. The molecule has 1 unspecified atom stereocenters. The molecule has 0 amide bonds. The number of hydrogen-bond donors (Lipinski definition) is 10. The van der Waals surface area contributed by atoms with E-state index in [0.717, 1.165) is 52.0 Å². The van der Waals surface area contributed by atoms with Gasteiger partial charge in [0.15, 0.2) is 0 Å². The van der Waals surface area contributed by atoms with Crippen LogP contribution in [0, 0.1) is 0 Å². The highest BCUT2D eigenvalue weighted by Gasteiger charge is 2.05. The SMILES string of the molecule is CCCCCCCCC(O)CNCCCCNCCCN.O=C(O)C(=O)O.O=C(O)C(=O)O.O=C(O)C(=O)O. The number of hydrogen-bond acceptors (Lipinski definition) is 10. The molecule has 0 aromatic carbocycles. The molecule has 0 aliphatic heterocycles. The van der Waals surface area contributed by atoms with Crippen molar-refractivity contribution in [2.45, 2.75) is 77.2 Å². The number of aliphatic carboxylic acids is 6. The van der Waals surface area contributed by atoms with E-state index in [-0.39, 0.29) is 6.10 Å². The maximum absolute atomic E-state index is 9.87. The minimum Gasteiger partial charge on any atom is -0.473 e. The van der Waals surface area contributed by atoms with Crippen molar-refractivity contribution in [2.75, 3.05) is 32.7 Å². The lowest BCUT2D eigenvalue weighted by atomic mass is 10.1. The van der Waals surface area contributed by atoms with Gasteiger partial charge in [-0.05, 0) is 51.9 Å². The lowest BCUT2D eigenvalue weighted by Crippen LogP contribution is -2.28. The summed E-state index contributed by atoms with van der Waals surface area (Å²) in [6.07, 6.45) is 11.9. The Morgan fingerprint density at radius 2 is 0.923 bits per heavy atom. The summed E-state index contributed by atoms with van der Waals surface area (Å²) in [7, 11) is 0. The second kappa shape index (κ2) is 32.7. The Morgan fingerprint density at radius 1 is 0.564 bits per heavy atom. The van der Waals surface area contributed by atoms with E-state index in [1.165, 1.54) is 44.9 Å². The summed E-state index contributed by atoms with van der Waals surface area (Å²) in [6, 6.07) is 0. The highest BCUT2D eigenvalue weighted by atomic mass is 16.5. The molecule has 0 saturated carbocycles. The molecule has 0 radical (unpaired) electrons. The maximum atomic E-state index is 9.87. The van der Waals surface area contributed by atoms with Crippen molar-refractivity contribution in [2.24, 2.45) is 5.73 Å². The zero-order chi connectivity index (χ0) is 31.1. The van der Waals surface area contributed by atoms with Crippen LogP contribution in [0.3, 0.4) is 0 Å². The predicted octanol–water partition coefficient (Wildman–Crippen LogP) is -0.127. The zero-order valence-corrected chi connectivity index (χ0v) is 22.3. The summed E-state index contributed by atoms with van der Waals surface area (Å²) in [6.45, 7) is 6.86. The third kappa shape index (κ3) is 48.3. The van der Waals surface area contributed by atoms with Crippen LogP contribution in [-0.2, 0) is 28.8 Å². The Balaban J connectivity index is -0.000000274. The quantitative estimate of drug-likeness (QED) is 0.0803. The molecular weight excluding hydrogens is 526 g/mol. The van der Waals surface area contributed by atoms with Crippen molar-refractivity contribution in [3.63, 3.8) is 0 Å². The molecule has 0 spiro atoms. The van der Waals surface area contributed by atoms with Crippen LogP contribution in [0.15, 0.2) is 0 Å². The van der Waals surface area contributed by atoms with Gasteiger partial charge in [-0.1, -0.05) is 45.4 Å². The van der Waals surface area contributed by atoms with E-state index in [2.05, 4.69) is 17.6 Å². The lowest BCUT2D eigenvalue weighted by molar-refractivity contribution is -0.159. The average Bonchev–Trinajstić information content (AvgIpc) is 2.86. The van der Waals surface area contributed by atoms with Crippen LogP contribution in [-0.4, -0.2) is 110 Å². The fourth-order valence-electron chi connectivity index (χ4n) is 2.38. The molecule has 39 heavy (non-hydrogen) atoms. The van der Waals surface area contributed by atoms with E-state index in [0.29, 0.717) is 0 Å².